The lowest BCUT2D eigenvalue weighted by atomic mass is 9.97. The topological polar surface area (TPSA) is 52.3 Å². The Bertz CT molecular complexity index is 980. The van der Waals surface area contributed by atoms with E-state index in [9.17, 15) is 4.79 Å². The number of hydrogen-bond acceptors (Lipinski definition) is 3. The number of carbonyl (C=O) groups excluding carboxylic acids is 1. The average Bonchev–Trinajstić information content (AvgIpc) is 3.02. The lowest BCUT2D eigenvalue weighted by molar-refractivity contribution is 0.0340. The summed E-state index contributed by atoms with van der Waals surface area (Å²) in [5.74, 6) is -0.333. The molecule has 1 aliphatic rings. The van der Waals surface area contributed by atoms with Gasteiger partial charge in [-0.3, -0.25) is 0 Å². The quantitative estimate of drug-likeness (QED) is 0.557. The largest absolute Gasteiger partial charge is 0.454 e. The zero-order chi connectivity index (χ0) is 17.6. The van der Waals surface area contributed by atoms with Crippen LogP contribution in [-0.4, -0.2) is 5.97 Å². The van der Waals surface area contributed by atoms with Gasteiger partial charge >= 0.3 is 5.97 Å². The third-order valence-electron chi connectivity index (χ3n) is 5.23. The Balaban J connectivity index is 1.68. The Labute approximate surface area is 147 Å². The van der Waals surface area contributed by atoms with E-state index in [0.29, 0.717) is 11.3 Å². The van der Waals surface area contributed by atoms with Gasteiger partial charge in [0.15, 0.2) is 0 Å². The van der Waals surface area contributed by atoms with Crippen LogP contribution in [0, 0.1) is 6.92 Å². The summed E-state index contributed by atoms with van der Waals surface area (Å²) in [6, 6.07) is 16.0. The number of anilines is 1. The molecule has 0 aliphatic heterocycles. The van der Waals surface area contributed by atoms with Crippen LogP contribution in [0.3, 0.4) is 0 Å². The first kappa shape index (κ1) is 15.7. The minimum absolute atomic E-state index is 0.321. The van der Waals surface area contributed by atoms with Crippen molar-refractivity contribution in [3.05, 3.63) is 76.3 Å². The summed E-state index contributed by atoms with van der Waals surface area (Å²) < 4.78 is 5.77. The van der Waals surface area contributed by atoms with Crippen molar-refractivity contribution in [2.24, 2.45) is 0 Å². The molecular formula is C22H21NO2. The first-order valence-corrected chi connectivity index (χ1v) is 8.65. The second kappa shape index (κ2) is 5.92. The van der Waals surface area contributed by atoms with Crippen molar-refractivity contribution in [3.63, 3.8) is 0 Å². The highest BCUT2D eigenvalue weighted by Crippen LogP contribution is 2.36. The molecule has 4 rings (SSSR count). The Kier molecular flexibility index (Phi) is 3.72. The van der Waals surface area contributed by atoms with E-state index in [1.54, 1.807) is 18.2 Å². The van der Waals surface area contributed by atoms with Crippen LogP contribution in [0.2, 0.25) is 0 Å². The van der Waals surface area contributed by atoms with Gasteiger partial charge in [0, 0.05) is 11.3 Å². The molecule has 0 amide bonds. The maximum atomic E-state index is 12.6. The standard InChI is InChI=1S/C22H21NO2/c1-13-17(6-4-8-20(13)23)22(24)25-14(2)18-12-11-16-10-9-15-5-3-7-19(18)21(15)16/h3-8,11-12,14H,9-10,23H2,1-2H3/t14-/m1/s1. The molecule has 1 atom stereocenters. The summed E-state index contributed by atoms with van der Waals surface area (Å²) >= 11 is 0. The Morgan fingerprint density at radius 1 is 1.04 bits per heavy atom. The van der Waals surface area contributed by atoms with E-state index in [0.717, 1.165) is 24.0 Å². The van der Waals surface area contributed by atoms with E-state index in [2.05, 4.69) is 30.3 Å². The number of aryl methyl sites for hydroxylation is 2. The number of hydrogen-bond donors (Lipinski definition) is 1. The van der Waals surface area contributed by atoms with Crippen LogP contribution in [0.4, 0.5) is 5.69 Å². The molecule has 0 unspecified atom stereocenters. The van der Waals surface area contributed by atoms with E-state index < -0.39 is 0 Å². The first-order valence-electron chi connectivity index (χ1n) is 8.65. The molecule has 2 N–H and O–H groups in total. The van der Waals surface area contributed by atoms with Crippen molar-refractivity contribution in [1.82, 2.24) is 0 Å². The predicted molar refractivity (Wildman–Crippen MR) is 101 cm³/mol. The number of benzene rings is 3. The lowest BCUT2D eigenvalue weighted by Crippen LogP contribution is -2.12. The maximum Gasteiger partial charge on any atom is 0.339 e. The van der Waals surface area contributed by atoms with Gasteiger partial charge in [-0.05, 0) is 66.3 Å². The van der Waals surface area contributed by atoms with Gasteiger partial charge in [-0.1, -0.05) is 36.4 Å². The molecule has 0 aromatic heterocycles. The van der Waals surface area contributed by atoms with E-state index in [4.69, 9.17) is 10.5 Å². The third-order valence-corrected chi connectivity index (χ3v) is 5.23. The van der Waals surface area contributed by atoms with E-state index in [1.165, 1.54) is 21.9 Å². The van der Waals surface area contributed by atoms with Crippen LogP contribution < -0.4 is 5.73 Å². The minimum atomic E-state index is -0.333. The van der Waals surface area contributed by atoms with Gasteiger partial charge in [0.1, 0.15) is 6.10 Å². The molecule has 0 saturated heterocycles. The van der Waals surface area contributed by atoms with Crippen molar-refractivity contribution >= 4 is 22.4 Å². The molecular weight excluding hydrogens is 310 g/mol. The van der Waals surface area contributed by atoms with Crippen LogP contribution in [0.5, 0.6) is 0 Å². The lowest BCUT2D eigenvalue weighted by Gasteiger charge is -2.18. The molecule has 3 aromatic carbocycles. The Morgan fingerprint density at radius 3 is 2.56 bits per heavy atom. The second-order valence-corrected chi connectivity index (χ2v) is 6.72. The molecule has 3 aromatic rings. The zero-order valence-corrected chi connectivity index (χ0v) is 14.5. The van der Waals surface area contributed by atoms with Gasteiger partial charge in [-0.2, -0.15) is 0 Å². The fraction of sp³-hybridized carbons (Fsp3) is 0.227. The highest BCUT2D eigenvalue weighted by atomic mass is 16.5. The Morgan fingerprint density at radius 2 is 1.76 bits per heavy atom. The Hall–Kier alpha value is -2.81. The zero-order valence-electron chi connectivity index (χ0n) is 14.5. The number of nitrogens with two attached hydrogens (primary N) is 1. The number of rotatable bonds is 3. The number of esters is 1. The van der Waals surface area contributed by atoms with E-state index in [-0.39, 0.29) is 12.1 Å². The molecule has 0 fully saturated rings. The molecule has 3 nitrogen and oxygen atoms in total. The van der Waals surface area contributed by atoms with Crippen molar-refractivity contribution in [3.8, 4) is 0 Å². The summed E-state index contributed by atoms with van der Waals surface area (Å²) in [6.45, 7) is 3.77. The molecule has 3 heteroatoms. The molecule has 0 saturated carbocycles. The smallest absolute Gasteiger partial charge is 0.339 e. The molecule has 0 radical (unpaired) electrons. The number of ether oxygens (including phenoxy) is 1. The first-order chi connectivity index (χ1) is 12.1. The fourth-order valence-corrected chi connectivity index (χ4v) is 3.79. The summed E-state index contributed by atoms with van der Waals surface area (Å²) in [6.07, 6.45) is 1.86. The van der Waals surface area contributed by atoms with Gasteiger partial charge in [0.2, 0.25) is 0 Å². The van der Waals surface area contributed by atoms with Crippen molar-refractivity contribution in [2.45, 2.75) is 32.8 Å². The summed E-state index contributed by atoms with van der Waals surface area (Å²) in [5.41, 5.74) is 11.6. The van der Waals surface area contributed by atoms with Crippen LogP contribution in [0.15, 0.2) is 48.5 Å². The van der Waals surface area contributed by atoms with Crippen molar-refractivity contribution in [2.75, 3.05) is 5.73 Å². The summed E-state index contributed by atoms with van der Waals surface area (Å²) in [4.78, 5) is 12.6. The average molecular weight is 331 g/mol. The molecule has 0 spiro atoms. The minimum Gasteiger partial charge on any atom is -0.454 e. The highest BCUT2D eigenvalue weighted by molar-refractivity contribution is 5.95. The van der Waals surface area contributed by atoms with Crippen molar-refractivity contribution < 1.29 is 9.53 Å². The molecule has 0 bridgehead atoms. The third kappa shape index (κ3) is 2.56. The van der Waals surface area contributed by atoms with Crippen molar-refractivity contribution in [1.29, 1.82) is 0 Å². The second-order valence-electron chi connectivity index (χ2n) is 6.72. The van der Waals surface area contributed by atoms with Crippen LogP contribution in [0.25, 0.3) is 10.8 Å². The molecule has 1 aliphatic carbocycles. The molecule has 126 valence electrons. The monoisotopic (exact) mass is 331 g/mol. The van der Waals surface area contributed by atoms with Crippen LogP contribution in [-0.2, 0) is 17.6 Å². The maximum absolute atomic E-state index is 12.6. The number of nitrogen functional groups attached to an aromatic ring is 1. The van der Waals surface area contributed by atoms with Crippen LogP contribution >= 0.6 is 0 Å². The molecule has 25 heavy (non-hydrogen) atoms. The normalized spacial score (nSPS) is 13.8. The van der Waals surface area contributed by atoms with Crippen LogP contribution in [0.1, 0.15) is 45.6 Å². The van der Waals surface area contributed by atoms with E-state index in [1.807, 2.05) is 13.8 Å². The van der Waals surface area contributed by atoms with Gasteiger partial charge in [-0.15, -0.1) is 0 Å². The number of carbonyl (C=O) groups is 1. The molecule has 0 heterocycles. The summed E-state index contributed by atoms with van der Waals surface area (Å²) in [5, 5.41) is 2.53. The van der Waals surface area contributed by atoms with E-state index >= 15 is 0 Å². The van der Waals surface area contributed by atoms with Gasteiger partial charge in [0.05, 0.1) is 5.56 Å². The SMILES string of the molecule is Cc1c(N)cccc1C(=O)O[C@H](C)c1ccc2c3c(cccc13)CC2. The fourth-order valence-electron chi connectivity index (χ4n) is 3.79. The summed E-state index contributed by atoms with van der Waals surface area (Å²) in [7, 11) is 0. The predicted octanol–water partition coefficient (Wildman–Crippen LogP) is 4.75. The highest BCUT2D eigenvalue weighted by Gasteiger charge is 2.21. The van der Waals surface area contributed by atoms with Gasteiger partial charge in [-0.25, -0.2) is 4.79 Å². The van der Waals surface area contributed by atoms with Gasteiger partial charge < -0.3 is 10.5 Å². The van der Waals surface area contributed by atoms with Gasteiger partial charge in [0.25, 0.3) is 0 Å².